The number of hydrogen-bond acceptors (Lipinski definition) is 11. The van der Waals surface area contributed by atoms with Gasteiger partial charge >= 0.3 is 29.8 Å². The molecule has 5 atom stereocenters. The van der Waals surface area contributed by atoms with Crippen molar-refractivity contribution in [1.29, 1.82) is 0 Å². The Labute approximate surface area is 371 Å². The summed E-state index contributed by atoms with van der Waals surface area (Å²) in [6.07, 6.45) is 14.1. The molecule has 2 aromatic carbocycles. The largest absolute Gasteiger partial charge is 0.453 e. The van der Waals surface area contributed by atoms with E-state index in [1.165, 1.54) is 40.2 Å². The van der Waals surface area contributed by atoms with Crippen molar-refractivity contribution in [3.63, 3.8) is 0 Å². The standard InChI is InChI=1S/C52H62O11/c1-30(2)45-17-16-31(3)14-12-18-52(29-53)42-20-33(5)21-49(61-36(8)56)47-28-48(60-35(7)55)40(26-50(47)62-37(9)57)19-32(4)13-11-15-39(22-42)23-43(52)24-41-25-44(59-34(6)54)27-46(45)51(41)63-38(10)58/h13-14,21-22,25-29,42-43,45,49H,1,11-12,15-20,23-24H2,2-10H3/b31-14+,32-13-,33-21+/t42-,43+,45+,49+,52+/m1/s1. The second-order valence-corrected chi connectivity index (χ2v) is 17.7. The summed E-state index contributed by atoms with van der Waals surface area (Å²) >= 11 is 0. The van der Waals surface area contributed by atoms with Crippen LogP contribution in [0.25, 0.3) is 0 Å². The third kappa shape index (κ3) is 12.4. The summed E-state index contributed by atoms with van der Waals surface area (Å²) in [7, 11) is 0. The highest BCUT2D eigenvalue weighted by atomic mass is 16.6. The van der Waals surface area contributed by atoms with Crippen LogP contribution in [0.2, 0.25) is 0 Å². The average molecular weight is 863 g/mol. The maximum absolute atomic E-state index is 14.2. The molecule has 0 N–H and O–H groups in total. The molecule has 6 rings (SSSR count). The Kier molecular flexibility index (Phi) is 16.1. The van der Waals surface area contributed by atoms with Crippen LogP contribution < -0.4 is 18.9 Å². The maximum Gasteiger partial charge on any atom is 0.308 e. The van der Waals surface area contributed by atoms with Crippen LogP contribution in [0.1, 0.15) is 148 Å². The van der Waals surface area contributed by atoms with E-state index in [0.29, 0.717) is 91.5 Å². The lowest BCUT2D eigenvalue weighted by molar-refractivity contribution is -0.144. The Hall–Kier alpha value is -5.84. The first kappa shape index (κ1) is 48.2. The number of allylic oxidation sites excluding steroid dienone is 8. The second-order valence-electron chi connectivity index (χ2n) is 17.7. The van der Waals surface area contributed by atoms with Crippen LogP contribution in [0.15, 0.2) is 83.0 Å². The molecule has 6 bridgehead atoms. The zero-order valence-corrected chi connectivity index (χ0v) is 38.3. The lowest BCUT2D eigenvalue weighted by Gasteiger charge is -2.46. The number of fused-ring (bicyclic) bond motifs is 10. The zero-order chi connectivity index (χ0) is 46.2. The minimum absolute atomic E-state index is 0.165. The van der Waals surface area contributed by atoms with Crippen LogP contribution in [0.4, 0.5) is 0 Å². The molecule has 11 nitrogen and oxygen atoms in total. The van der Waals surface area contributed by atoms with Crippen LogP contribution in [-0.4, -0.2) is 36.1 Å². The summed E-state index contributed by atoms with van der Waals surface area (Å²) in [6.45, 7) is 18.9. The fraction of sp³-hybridized carbons (Fsp3) is 0.462. The molecule has 0 saturated heterocycles. The minimum atomic E-state index is -1.06. The molecule has 0 spiro atoms. The van der Waals surface area contributed by atoms with Gasteiger partial charge in [-0.15, -0.1) is 0 Å². The maximum atomic E-state index is 14.2. The molecular weight excluding hydrogens is 801 g/mol. The molecule has 0 amide bonds. The number of carbonyl (C=O) groups excluding carboxylic acids is 6. The van der Waals surface area contributed by atoms with Gasteiger partial charge in [0.05, 0.1) is 0 Å². The van der Waals surface area contributed by atoms with E-state index in [2.05, 4.69) is 31.7 Å². The third-order valence-corrected chi connectivity index (χ3v) is 12.3. The predicted molar refractivity (Wildman–Crippen MR) is 239 cm³/mol. The van der Waals surface area contributed by atoms with Crippen molar-refractivity contribution in [1.82, 2.24) is 0 Å². The van der Waals surface area contributed by atoms with Crippen molar-refractivity contribution in [3.05, 3.63) is 105 Å². The SMILES string of the molecule is C=C(C)[C@@H]1CC/C(C)=C/CC[C@@]2(C=O)[C@@H](CC3=C[C@H]2C/C(C)=C/[C@H](OC(C)=O)c2cc(OC(C)=O)c(cc2OC(C)=O)C/C(C)=C\CC3)Cc2cc(OC(C)=O)cc1c2OC(C)=O. The fourth-order valence-electron chi connectivity index (χ4n) is 9.60. The van der Waals surface area contributed by atoms with E-state index < -0.39 is 41.4 Å². The van der Waals surface area contributed by atoms with E-state index >= 15 is 0 Å². The van der Waals surface area contributed by atoms with Crippen molar-refractivity contribution in [2.24, 2.45) is 17.3 Å². The van der Waals surface area contributed by atoms with Crippen molar-refractivity contribution in [2.45, 2.75) is 139 Å². The van der Waals surface area contributed by atoms with Gasteiger partial charge in [0, 0.05) is 62.6 Å². The van der Waals surface area contributed by atoms with E-state index in [0.717, 1.165) is 35.0 Å². The summed E-state index contributed by atoms with van der Waals surface area (Å²) in [6, 6.07) is 6.79. The molecule has 0 radical (unpaired) electrons. The smallest absolute Gasteiger partial charge is 0.308 e. The van der Waals surface area contributed by atoms with E-state index in [1.54, 1.807) is 30.3 Å². The summed E-state index contributed by atoms with van der Waals surface area (Å²) in [5.74, 6) is -2.35. The topological polar surface area (TPSA) is 149 Å². The van der Waals surface area contributed by atoms with Crippen molar-refractivity contribution in [2.75, 3.05) is 0 Å². The number of carbonyl (C=O) groups is 6. The summed E-state index contributed by atoms with van der Waals surface area (Å²) < 4.78 is 29.2. The van der Waals surface area contributed by atoms with Crippen molar-refractivity contribution < 1.29 is 52.5 Å². The Bertz CT molecular complexity index is 2290. The van der Waals surface area contributed by atoms with Crippen LogP contribution in [0.5, 0.6) is 23.0 Å². The van der Waals surface area contributed by atoms with E-state index in [9.17, 15) is 28.8 Å². The van der Waals surface area contributed by atoms with Gasteiger partial charge in [0.1, 0.15) is 35.4 Å². The van der Waals surface area contributed by atoms with Gasteiger partial charge in [0.2, 0.25) is 0 Å². The average Bonchev–Trinajstić information content (AvgIpc) is 3.16. The van der Waals surface area contributed by atoms with E-state index in [-0.39, 0.29) is 29.3 Å². The normalized spacial score (nSPS) is 25.4. The highest BCUT2D eigenvalue weighted by molar-refractivity contribution is 5.74. The van der Waals surface area contributed by atoms with Gasteiger partial charge in [0.15, 0.2) is 0 Å². The number of benzene rings is 2. The van der Waals surface area contributed by atoms with Crippen LogP contribution >= 0.6 is 0 Å². The van der Waals surface area contributed by atoms with Gasteiger partial charge in [0.25, 0.3) is 0 Å². The molecule has 336 valence electrons. The third-order valence-electron chi connectivity index (χ3n) is 12.3. The Balaban J connectivity index is 1.77. The van der Waals surface area contributed by atoms with Crippen molar-refractivity contribution in [3.8, 4) is 23.0 Å². The number of rotatable bonds is 7. The zero-order valence-electron chi connectivity index (χ0n) is 38.3. The van der Waals surface area contributed by atoms with E-state index in [4.69, 9.17) is 23.7 Å². The molecule has 0 fully saturated rings. The van der Waals surface area contributed by atoms with Gasteiger partial charge < -0.3 is 28.5 Å². The fourth-order valence-corrected chi connectivity index (χ4v) is 9.60. The number of hydrogen-bond donors (Lipinski definition) is 0. The van der Waals surface area contributed by atoms with Gasteiger partial charge in [-0.25, -0.2) is 0 Å². The molecule has 11 heteroatoms. The predicted octanol–water partition coefficient (Wildman–Crippen LogP) is 10.8. The quantitative estimate of drug-likeness (QED) is 0.113. The molecule has 0 aromatic heterocycles. The molecule has 0 unspecified atom stereocenters. The van der Waals surface area contributed by atoms with Crippen LogP contribution in [0.3, 0.4) is 0 Å². The Morgan fingerprint density at radius 1 is 0.667 bits per heavy atom. The number of aldehydes is 1. The van der Waals surface area contributed by atoms with Crippen LogP contribution in [0, 0.1) is 17.3 Å². The molecule has 63 heavy (non-hydrogen) atoms. The molecule has 4 aliphatic rings. The number of ether oxygens (including phenoxy) is 5. The summed E-state index contributed by atoms with van der Waals surface area (Å²) in [5.41, 5.74) is 6.35. The highest BCUT2D eigenvalue weighted by Crippen LogP contribution is 2.53. The van der Waals surface area contributed by atoms with Gasteiger partial charge in [-0.1, -0.05) is 52.7 Å². The molecule has 2 aromatic rings. The van der Waals surface area contributed by atoms with Gasteiger partial charge in [-0.3, -0.25) is 24.0 Å². The van der Waals surface area contributed by atoms with E-state index in [1.807, 2.05) is 20.8 Å². The summed E-state index contributed by atoms with van der Waals surface area (Å²) in [5, 5.41) is 0. The molecular formula is C52H62O11. The first-order valence-corrected chi connectivity index (χ1v) is 21.8. The molecule has 4 aliphatic carbocycles. The first-order valence-electron chi connectivity index (χ1n) is 21.8. The second kappa shape index (κ2) is 21.0. The van der Waals surface area contributed by atoms with Crippen LogP contribution in [-0.2, 0) is 46.3 Å². The first-order chi connectivity index (χ1) is 29.8. The lowest BCUT2D eigenvalue weighted by Crippen LogP contribution is -2.43. The lowest BCUT2D eigenvalue weighted by atomic mass is 9.56. The summed E-state index contributed by atoms with van der Waals surface area (Å²) in [4.78, 5) is 77.1. The minimum Gasteiger partial charge on any atom is -0.453 e. The molecule has 0 saturated carbocycles. The Morgan fingerprint density at radius 3 is 1.97 bits per heavy atom. The molecule has 0 aliphatic heterocycles. The monoisotopic (exact) mass is 862 g/mol. The Morgan fingerprint density at radius 2 is 1.33 bits per heavy atom. The van der Waals surface area contributed by atoms with Gasteiger partial charge in [-0.2, -0.15) is 0 Å². The van der Waals surface area contributed by atoms with Gasteiger partial charge in [-0.05, 0) is 140 Å². The number of esters is 5. The highest BCUT2D eigenvalue weighted by Gasteiger charge is 2.47. The molecule has 0 heterocycles. The van der Waals surface area contributed by atoms with Crippen molar-refractivity contribution >= 4 is 36.1 Å².